The number of carbonyl (C=O) groups excluding carboxylic acids is 2. The molecule has 0 bridgehead atoms. The summed E-state index contributed by atoms with van der Waals surface area (Å²) in [6.45, 7) is 2.76. The number of hydrogen-bond donors (Lipinski definition) is 1. The van der Waals surface area contributed by atoms with E-state index in [0.29, 0.717) is 50.5 Å². The van der Waals surface area contributed by atoms with E-state index in [2.05, 4.69) is 5.32 Å². The highest BCUT2D eigenvalue weighted by molar-refractivity contribution is 5.95. The van der Waals surface area contributed by atoms with Gasteiger partial charge in [0.15, 0.2) is 0 Å². The van der Waals surface area contributed by atoms with Gasteiger partial charge in [-0.05, 0) is 25.2 Å². The highest BCUT2D eigenvalue weighted by Crippen LogP contribution is 2.31. The maximum atomic E-state index is 12.6. The average Bonchev–Trinajstić information content (AvgIpc) is 2.65. The molecule has 1 spiro atoms. The van der Waals surface area contributed by atoms with Gasteiger partial charge in [0, 0.05) is 25.8 Å². The first-order chi connectivity index (χ1) is 13.0. The monoisotopic (exact) mass is 372 g/mol. The molecule has 8 heteroatoms. The number of carbonyl (C=O) groups is 2. The Bertz CT molecular complexity index is 754. The van der Waals surface area contributed by atoms with Gasteiger partial charge >= 0.3 is 0 Å². The van der Waals surface area contributed by atoms with Gasteiger partial charge in [-0.2, -0.15) is 5.26 Å². The maximum absolute atomic E-state index is 12.6. The summed E-state index contributed by atoms with van der Waals surface area (Å²) in [5.41, 5.74) is 0.538. The smallest absolute Gasteiger partial charge is 0.254 e. The predicted octanol–water partition coefficient (Wildman–Crippen LogP) is -0.154. The van der Waals surface area contributed by atoms with Crippen molar-refractivity contribution in [1.82, 2.24) is 15.1 Å². The van der Waals surface area contributed by atoms with Gasteiger partial charge < -0.3 is 19.7 Å². The van der Waals surface area contributed by atoms with E-state index >= 15 is 0 Å². The topological polar surface area (TPSA) is 94.9 Å². The summed E-state index contributed by atoms with van der Waals surface area (Å²) in [6.07, 6.45) is 0. The zero-order valence-electron chi connectivity index (χ0n) is 15.6. The summed E-state index contributed by atoms with van der Waals surface area (Å²) in [7, 11) is 3.48. The molecule has 2 fully saturated rings. The van der Waals surface area contributed by atoms with Crippen molar-refractivity contribution in [2.75, 3.05) is 53.6 Å². The number of nitrogens with zero attached hydrogens (tertiary/aromatic N) is 3. The van der Waals surface area contributed by atoms with E-state index in [1.165, 1.54) is 0 Å². The van der Waals surface area contributed by atoms with Crippen LogP contribution >= 0.6 is 0 Å². The Labute approximate surface area is 158 Å². The minimum atomic E-state index is -0.430. The van der Waals surface area contributed by atoms with E-state index in [-0.39, 0.29) is 17.9 Å². The van der Waals surface area contributed by atoms with Crippen LogP contribution in [0.3, 0.4) is 0 Å². The molecule has 2 aliphatic heterocycles. The van der Waals surface area contributed by atoms with E-state index in [4.69, 9.17) is 14.7 Å². The van der Waals surface area contributed by atoms with Crippen molar-refractivity contribution in [2.45, 2.75) is 11.6 Å². The lowest BCUT2D eigenvalue weighted by molar-refractivity contribution is -0.187. The molecular formula is C19H24N4O4. The molecule has 8 nitrogen and oxygen atoms in total. The van der Waals surface area contributed by atoms with Gasteiger partial charge in [0.25, 0.3) is 5.91 Å². The number of nitrogens with one attached hydrogen (secondary N) is 1. The number of benzene rings is 1. The lowest BCUT2D eigenvalue weighted by Gasteiger charge is -2.54. The summed E-state index contributed by atoms with van der Waals surface area (Å²) in [5.74, 6) is -0.187. The average molecular weight is 372 g/mol. The normalized spacial score (nSPS) is 21.4. The van der Waals surface area contributed by atoms with Crippen LogP contribution in [0.25, 0.3) is 0 Å². The highest BCUT2D eigenvalue weighted by Gasteiger charge is 2.51. The van der Waals surface area contributed by atoms with E-state index in [1.807, 2.05) is 18.0 Å². The van der Waals surface area contributed by atoms with Crippen molar-refractivity contribution in [3.63, 3.8) is 0 Å². The van der Waals surface area contributed by atoms with Crippen LogP contribution in [0.4, 0.5) is 0 Å². The molecule has 2 amide bonds. The van der Waals surface area contributed by atoms with Crippen LogP contribution in [-0.4, -0.2) is 86.8 Å². The molecule has 0 unspecified atom stereocenters. The summed E-state index contributed by atoms with van der Waals surface area (Å²) < 4.78 is 10.9. The molecule has 1 aromatic carbocycles. The van der Waals surface area contributed by atoms with Gasteiger partial charge in [0.2, 0.25) is 5.91 Å². The first kappa shape index (κ1) is 19.3. The summed E-state index contributed by atoms with van der Waals surface area (Å²) in [6, 6.07) is 8.39. The number of amides is 2. The summed E-state index contributed by atoms with van der Waals surface area (Å²) in [5, 5.41) is 11.8. The molecule has 2 aliphatic rings. The van der Waals surface area contributed by atoms with E-state index in [9.17, 15) is 9.59 Å². The molecule has 1 N–H and O–H groups in total. The summed E-state index contributed by atoms with van der Waals surface area (Å²) >= 11 is 0. The Balaban J connectivity index is 1.54. The molecular weight excluding hydrogens is 348 g/mol. The van der Waals surface area contributed by atoms with Crippen LogP contribution in [0.15, 0.2) is 24.3 Å². The highest BCUT2D eigenvalue weighted by atomic mass is 16.5. The zero-order chi connectivity index (χ0) is 19.4. The molecule has 27 heavy (non-hydrogen) atoms. The molecule has 144 valence electrons. The molecule has 1 aromatic rings. The number of nitriles is 1. The van der Waals surface area contributed by atoms with Crippen LogP contribution < -0.4 is 5.32 Å². The zero-order valence-corrected chi connectivity index (χ0v) is 15.6. The molecule has 0 aliphatic carbocycles. The second-order valence-corrected chi connectivity index (χ2v) is 7.06. The fourth-order valence-corrected chi connectivity index (χ4v) is 3.55. The Morgan fingerprint density at radius 2 is 2.19 bits per heavy atom. The van der Waals surface area contributed by atoms with Crippen molar-refractivity contribution < 1.29 is 19.1 Å². The van der Waals surface area contributed by atoms with Gasteiger partial charge in [-0.1, -0.05) is 6.07 Å². The molecule has 0 aromatic heterocycles. The Hall–Kier alpha value is -2.47. The molecule has 3 rings (SSSR count). The van der Waals surface area contributed by atoms with Gasteiger partial charge in [-0.15, -0.1) is 0 Å². The van der Waals surface area contributed by atoms with Crippen LogP contribution in [-0.2, 0) is 14.3 Å². The van der Waals surface area contributed by atoms with Crippen molar-refractivity contribution in [2.24, 2.45) is 0 Å². The van der Waals surface area contributed by atoms with Crippen molar-refractivity contribution in [3.05, 3.63) is 35.4 Å². The van der Waals surface area contributed by atoms with Gasteiger partial charge in [-0.3, -0.25) is 14.5 Å². The third-order valence-corrected chi connectivity index (χ3v) is 5.01. The van der Waals surface area contributed by atoms with Crippen LogP contribution in [0.2, 0.25) is 0 Å². The lowest BCUT2D eigenvalue weighted by atomic mass is 9.90. The number of likely N-dealkylation sites (tertiary alicyclic amines) is 1. The number of methoxy groups -OCH3 is 1. The minimum Gasteiger partial charge on any atom is -0.383 e. The number of morpholine rings is 1. The predicted molar refractivity (Wildman–Crippen MR) is 97.0 cm³/mol. The molecule has 1 atom stereocenters. The third kappa shape index (κ3) is 4.11. The van der Waals surface area contributed by atoms with Crippen molar-refractivity contribution in [1.29, 1.82) is 5.26 Å². The van der Waals surface area contributed by atoms with E-state index in [0.717, 1.165) is 0 Å². The molecule has 2 saturated heterocycles. The standard InChI is InChI=1S/C19H24N4O4/c1-22-11-19(27-10-16(22)17(24)21-6-7-26-2)12-23(13-19)18(25)15-5-3-4-14(8-15)9-20/h3-5,8,16H,6-7,10-13H2,1-2H3,(H,21,24)/t16-/m1/s1. The lowest BCUT2D eigenvalue weighted by Crippen LogP contribution is -2.73. The minimum absolute atomic E-state index is 0.0787. The Kier molecular flexibility index (Phi) is 5.75. The first-order valence-electron chi connectivity index (χ1n) is 8.88. The van der Waals surface area contributed by atoms with E-state index in [1.54, 1.807) is 36.3 Å². The Morgan fingerprint density at radius 3 is 2.85 bits per heavy atom. The van der Waals surface area contributed by atoms with Crippen LogP contribution in [0.5, 0.6) is 0 Å². The largest absolute Gasteiger partial charge is 0.383 e. The fraction of sp³-hybridized carbons (Fsp3) is 0.526. The number of ether oxygens (including phenoxy) is 2. The maximum Gasteiger partial charge on any atom is 0.254 e. The van der Waals surface area contributed by atoms with Crippen molar-refractivity contribution >= 4 is 11.8 Å². The van der Waals surface area contributed by atoms with Gasteiger partial charge in [0.05, 0.1) is 37.9 Å². The first-order valence-corrected chi connectivity index (χ1v) is 8.88. The second kappa shape index (κ2) is 8.05. The summed E-state index contributed by atoms with van der Waals surface area (Å²) in [4.78, 5) is 28.5. The Morgan fingerprint density at radius 1 is 1.41 bits per heavy atom. The van der Waals surface area contributed by atoms with Crippen LogP contribution in [0, 0.1) is 11.3 Å². The van der Waals surface area contributed by atoms with Gasteiger partial charge in [-0.25, -0.2) is 0 Å². The third-order valence-electron chi connectivity index (χ3n) is 5.01. The van der Waals surface area contributed by atoms with E-state index < -0.39 is 5.60 Å². The number of rotatable bonds is 5. The number of likely N-dealkylation sites (N-methyl/N-ethyl adjacent to an activating group) is 1. The molecule has 0 radical (unpaired) electrons. The fourth-order valence-electron chi connectivity index (χ4n) is 3.55. The van der Waals surface area contributed by atoms with Crippen LogP contribution in [0.1, 0.15) is 15.9 Å². The second-order valence-electron chi connectivity index (χ2n) is 7.06. The quantitative estimate of drug-likeness (QED) is 0.722. The van der Waals surface area contributed by atoms with Gasteiger partial charge in [0.1, 0.15) is 11.6 Å². The molecule has 0 saturated carbocycles. The van der Waals surface area contributed by atoms with Crippen molar-refractivity contribution in [3.8, 4) is 6.07 Å². The SMILES string of the molecule is COCCNC(=O)[C@H]1COC2(CN(C(=O)c3cccc(C#N)c3)C2)CN1C. The number of hydrogen-bond acceptors (Lipinski definition) is 6. The molecule has 2 heterocycles.